The Bertz CT molecular complexity index is 807. The van der Waals surface area contributed by atoms with Gasteiger partial charge in [0.2, 0.25) is 0 Å². The number of anilines is 1. The number of hydrogen-bond acceptors (Lipinski definition) is 3. The molecule has 0 aliphatic rings. The quantitative estimate of drug-likeness (QED) is 0.857. The highest BCUT2D eigenvalue weighted by Crippen LogP contribution is 2.17. The Morgan fingerprint density at radius 2 is 1.73 bits per heavy atom. The fourth-order valence-electron chi connectivity index (χ4n) is 2.30. The van der Waals surface area contributed by atoms with Crippen LogP contribution in [0.25, 0.3) is 0 Å². The lowest BCUT2D eigenvalue weighted by Gasteiger charge is -2.20. The first-order chi connectivity index (χ1) is 12.1. The first-order valence-corrected chi connectivity index (χ1v) is 8.56. The lowest BCUT2D eigenvalue weighted by Crippen LogP contribution is -2.40. The molecule has 0 saturated carbocycles. The van der Waals surface area contributed by atoms with Gasteiger partial charge in [0.15, 0.2) is 6.61 Å². The van der Waals surface area contributed by atoms with E-state index in [4.69, 9.17) is 4.74 Å². The van der Waals surface area contributed by atoms with E-state index in [0.717, 1.165) is 5.56 Å². The summed E-state index contributed by atoms with van der Waals surface area (Å²) in [6.45, 7) is 9.67. The Morgan fingerprint density at radius 1 is 1.00 bits per heavy atom. The molecule has 0 saturated heterocycles. The molecule has 0 heterocycles. The summed E-state index contributed by atoms with van der Waals surface area (Å²) in [5.74, 6) is 0.193. The molecule has 2 amide bonds. The van der Waals surface area contributed by atoms with Crippen molar-refractivity contribution >= 4 is 17.5 Å². The van der Waals surface area contributed by atoms with Gasteiger partial charge in [-0.05, 0) is 76.1 Å². The van der Waals surface area contributed by atoms with E-state index < -0.39 is 0 Å². The largest absolute Gasteiger partial charge is 0.484 e. The minimum Gasteiger partial charge on any atom is -0.484 e. The normalized spacial score (nSPS) is 11.0. The van der Waals surface area contributed by atoms with Crippen molar-refractivity contribution in [1.29, 1.82) is 0 Å². The van der Waals surface area contributed by atoms with Crippen LogP contribution in [0.4, 0.5) is 5.69 Å². The summed E-state index contributed by atoms with van der Waals surface area (Å²) in [6.07, 6.45) is 0. The van der Waals surface area contributed by atoms with Gasteiger partial charge >= 0.3 is 0 Å². The van der Waals surface area contributed by atoms with Gasteiger partial charge in [0, 0.05) is 16.8 Å². The van der Waals surface area contributed by atoms with Crippen molar-refractivity contribution in [1.82, 2.24) is 5.32 Å². The summed E-state index contributed by atoms with van der Waals surface area (Å²) in [5.41, 5.74) is 3.01. The zero-order chi connectivity index (χ0) is 19.3. The Morgan fingerprint density at radius 3 is 2.38 bits per heavy atom. The van der Waals surface area contributed by atoms with Gasteiger partial charge in [-0.1, -0.05) is 12.1 Å². The summed E-state index contributed by atoms with van der Waals surface area (Å²) in [7, 11) is 0. The molecule has 0 aliphatic heterocycles. The van der Waals surface area contributed by atoms with E-state index >= 15 is 0 Å². The van der Waals surface area contributed by atoms with E-state index in [-0.39, 0.29) is 24.0 Å². The first-order valence-electron chi connectivity index (χ1n) is 8.56. The van der Waals surface area contributed by atoms with Crippen LogP contribution in [-0.4, -0.2) is 24.0 Å². The highest BCUT2D eigenvalue weighted by atomic mass is 16.5. The predicted octanol–water partition coefficient (Wildman–Crippen LogP) is 3.85. The number of carbonyl (C=O) groups is 2. The maximum atomic E-state index is 12.2. The average molecular weight is 354 g/mol. The van der Waals surface area contributed by atoms with Crippen LogP contribution < -0.4 is 15.4 Å². The summed E-state index contributed by atoms with van der Waals surface area (Å²) >= 11 is 0. The van der Waals surface area contributed by atoms with E-state index in [1.807, 2.05) is 52.8 Å². The van der Waals surface area contributed by atoms with E-state index in [1.54, 1.807) is 24.3 Å². The van der Waals surface area contributed by atoms with Crippen LogP contribution in [0.5, 0.6) is 5.75 Å². The number of ether oxygens (including phenoxy) is 1. The first kappa shape index (κ1) is 19.5. The molecule has 2 rings (SSSR count). The van der Waals surface area contributed by atoms with Crippen molar-refractivity contribution < 1.29 is 14.3 Å². The Kier molecular flexibility index (Phi) is 6.03. The van der Waals surface area contributed by atoms with Gasteiger partial charge in [-0.2, -0.15) is 0 Å². The number of rotatable bonds is 5. The van der Waals surface area contributed by atoms with Crippen LogP contribution in [0, 0.1) is 13.8 Å². The molecule has 0 aromatic heterocycles. The molecule has 2 N–H and O–H groups in total. The lowest BCUT2D eigenvalue weighted by atomic mass is 10.1. The second-order valence-electron chi connectivity index (χ2n) is 7.37. The predicted molar refractivity (Wildman–Crippen MR) is 104 cm³/mol. The van der Waals surface area contributed by atoms with Crippen molar-refractivity contribution in [3.8, 4) is 5.75 Å². The van der Waals surface area contributed by atoms with Gasteiger partial charge < -0.3 is 15.4 Å². The molecule has 138 valence electrons. The molecular weight excluding hydrogens is 328 g/mol. The Balaban J connectivity index is 1.95. The van der Waals surface area contributed by atoms with Gasteiger partial charge in [0.1, 0.15) is 5.75 Å². The lowest BCUT2D eigenvalue weighted by molar-refractivity contribution is -0.118. The third-order valence-corrected chi connectivity index (χ3v) is 3.75. The van der Waals surface area contributed by atoms with E-state index in [0.29, 0.717) is 17.0 Å². The average Bonchev–Trinajstić information content (AvgIpc) is 2.54. The molecular formula is C21H26N2O3. The van der Waals surface area contributed by atoms with E-state index in [9.17, 15) is 9.59 Å². The van der Waals surface area contributed by atoms with Crippen molar-refractivity contribution in [3.05, 3.63) is 59.2 Å². The highest BCUT2D eigenvalue weighted by Gasteiger charge is 2.15. The van der Waals surface area contributed by atoms with Crippen molar-refractivity contribution in [3.63, 3.8) is 0 Å². The van der Waals surface area contributed by atoms with Gasteiger partial charge in [-0.3, -0.25) is 9.59 Å². The Hall–Kier alpha value is -2.82. The summed E-state index contributed by atoms with van der Waals surface area (Å²) in [4.78, 5) is 24.3. The van der Waals surface area contributed by atoms with Crippen LogP contribution in [0.2, 0.25) is 0 Å². The molecule has 0 atom stereocenters. The molecule has 0 bridgehead atoms. The summed E-state index contributed by atoms with van der Waals surface area (Å²) in [5, 5.41) is 5.65. The van der Waals surface area contributed by atoms with E-state index in [2.05, 4.69) is 10.6 Å². The zero-order valence-corrected chi connectivity index (χ0v) is 16.0. The van der Waals surface area contributed by atoms with Crippen molar-refractivity contribution in [2.75, 3.05) is 11.9 Å². The number of benzene rings is 2. The second-order valence-corrected chi connectivity index (χ2v) is 7.37. The van der Waals surface area contributed by atoms with Crippen molar-refractivity contribution in [2.45, 2.75) is 40.2 Å². The molecule has 0 aliphatic carbocycles. The fraction of sp³-hybridized carbons (Fsp3) is 0.333. The van der Waals surface area contributed by atoms with Crippen LogP contribution in [0.3, 0.4) is 0 Å². The molecule has 5 heteroatoms. The zero-order valence-electron chi connectivity index (χ0n) is 16.0. The maximum absolute atomic E-state index is 12.2. The third-order valence-electron chi connectivity index (χ3n) is 3.75. The third kappa shape index (κ3) is 5.92. The second kappa shape index (κ2) is 8.04. The van der Waals surface area contributed by atoms with Gasteiger partial charge in [0.25, 0.3) is 11.8 Å². The molecule has 26 heavy (non-hydrogen) atoms. The van der Waals surface area contributed by atoms with Crippen LogP contribution >= 0.6 is 0 Å². The number of hydrogen-bond donors (Lipinski definition) is 2. The summed E-state index contributed by atoms with van der Waals surface area (Å²) in [6, 6.07) is 12.5. The number of amides is 2. The van der Waals surface area contributed by atoms with E-state index in [1.165, 1.54) is 5.56 Å². The van der Waals surface area contributed by atoms with Crippen LogP contribution in [-0.2, 0) is 4.79 Å². The number of aryl methyl sites for hydroxylation is 2. The highest BCUT2D eigenvalue weighted by molar-refractivity contribution is 5.97. The topological polar surface area (TPSA) is 67.4 Å². The Labute approximate surface area is 154 Å². The molecule has 2 aromatic carbocycles. The van der Waals surface area contributed by atoms with Crippen LogP contribution in [0.1, 0.15) is 42.3 Å². The maximum Gasteiger partial charge on any atom is 0.262 e. The standard InChI is InChI=1S/C21H26N2O3/c1-14-9-10-18(11-15(14)2)26-13-19(24)22-17-8-6-7-16(12-17)20(25)23-21(3,4)5/h6-12H,13H2,1-5H3,(H,22,24)(H,23,25). The molecule has 2 aromatic rings. The van der Waals surface area contributed by atoms with Gasteiger partial charge in [-0.15, -0.1) is 0 Å². The number of carbonyl (C=O) groups excluding carboxylic acids is 2. The molecule has 0 fully saturated rings. The minimum absolute atomic E-state index is 0.0963. The fourth-order valence-corrected chi connectivity index (χ4v) is 2.30. The number of nitrogens with one attached hydrogen (secondary N) is 2. The monoisotopic (exact) mass is 354 g/mol. The summed E-state index contributed by atoms with van der Waals surface area (Å²) < 4.78 is 5.53. The molecule has 5 nitrogen and oxygen atoms in total. The molecule has 0 unspecified atom stereocenters. The SMILES string of the molecule is Cc1ccc(OCC(=O)Nc2cccc(C(=O)NC(C)(C)C)c2)cc1C. The minimum atomic E-state index is -0.323. The molecule has 0 radical (unpaired) electrons. The van der Waals surface area contributed by atoms with Gasteiger partial charge in [-0.25, -0.2) is 0 Å². The van der Waals surface area contributed by atoms with Crippen molar-refractivity contribution in [2.24, 2.45) is 0 Å². The van der Waals surface area contributed by atoms with Crippen LogP contribution in [0.15, 0.2) is 42.5 Å². The van der Waals surface area contributed by atoms with Gasteiger partial charge in [0.05, 0.1) is 0 Å². The molecule has 0 spiro atoms. The smallest absolute Gasteiger partial charge is 0.262 e.